The van der Waals surface area contributed by atoms with Gasteiger partial charge in [0.15, 0.2) is 5.82 Å². The molecule has 4 heterocycles. The molecule has 1 atom stereocenters. The maximum atomic E-state index is 13.2. The molecule has 2 N–H and O–H groups in total. The number of aromatic amines is 1. The first-order valence-electron chi connectivity index (χ1n) is 10.8. The molecule has 3 aromatic rings. The second kappa shape index (κ2) is 10.3. The van der Waals surface area contributed by atoms with E-state index < -0.39 is 34.8 Å². The number of aromatic nitrogens is 7. The fourth-order valence-corrected chi connectivity index (χ4v) is 3.79. The smallest absolute Gasteiger partial charge is 0.378 e. The number of alkyl halides is 3. The van der Waals surface area contributed by atoms with Crippen molar-refractivity contribution < 1.29 is 22.3 Å². The van der Waals surface area contributed by atoms with E-state index in [9.17, 15) is 22.4 Å². The maximum Gasteiger partial charge on any atom is 0.423 e. The van der Waals surface area contributed by atoms with Gasteiger partial charge in [-0.2, -0.15) is 18.3 Å². The van der Waals surface area contributed by atoms with Gasteiger partial charge in [0.2, 0.25) is 5.95 Å². The Morgan fingerprint density at radius 3 is 2.63 bits per heavy atom. The summed E-state index contributed by atoms with van der Waals surface area (Å²) in [6.07, 6.45) is 1.70. The summed E-state index contributed by atoms with van der Waals surface area (Å²) >= 11 is 0. The van der Waals surface area contributed by atoms with Gasteiger partial charge in [-0.05, 0) is 19.8 Å². The number of rotatable bonds is 8. The van der Waals surface area contributed by atoms with Gasteiger partial charge in [0, 0.05) is 19.1 Å². The van der Waals surface area contributed by atoms with Gasteiger partial charge >= 0.3 is 6.18 Å². The lowest BCUT2D eigenvalue weighted by molar-refractivity contribution is -0.138. The lowest BCUT2D eigenvalue weighted by atomic mass is 10.1. The van der Waals surface area contributed by atoms with E-state index in [-0.39, 0.29) is 19.3 Å². The fourth-order valence-electron chi connectivity index (χ4n) is 3.79. The van der Waals surface area contributed by atoms with Gasteiger partial charge < -0.3 is 15.0 Å². The summed E-state index contributed by atoms with van der Waals surface area (Å²) in [4.78, 5) is 21.5. The van der Waals surface area contributed by atoms with E-state index in [1.807, 2.05) is 4.90 Å². The van der Waals surface area contributed by atoms with Crippen LogP contribution in [0.25, 0.3) is 0 Å². The normalized spacial score (nSPS) is 15.9. The molecule has 1 aliphatic heterocycles. The third-order valence-electron chi connectivity index (χ3n) is 5.45. The van der Waals surface area contributed by atoms with E-state index in [0.29, 0.717) is 24.7 Å². The van der Waals surface area contributed by atoms with Crippen LogP contribution in [0.3, 0.4) is 0 Å². The van der Waals surface area contributed by atoms with Crippen LogP contribution in [0.1, 0.15) is 37.1 Å². The Bertz CT molecular complexity index is 1170. The van der Waals surface area contributed by atoms with Crippen LogP contribution < -0.4 is 15.8 Å². The van der Waals surface area contributed by atoms with Crippen LogP contribution in [-0.2, 0) is 17.5 Å². The van der Waals surface area contributed by atoms with E-state index in [1.54, 1.807) is 22.9 Å². The second-order valence-electron chi connectivity index (χ2n) is 8.16. The number of anilines is 2. The average molecular weight is 497 g/mol. The van der Waals surface area contributed by atoms with Crippen molar-refractivity contribution in [3.63, 3.8) is 0 Å². The highest BCUT2D eigenvalue weighted by atomic mass is 19.4. The van der Waals surface area contributed by atoms with Crippen molar-refractivity contribution in [1.29, 1.82) is 0 Å². The third-order valence-corrected chi connectivity index (χ3v) is 5.45. The highest BCUT2D eigenvalue weighted by molar-refractivity contribution is 5.50. The molecule has 188 valence electrons. The molecule has 0 amide bonds. The monoisotopic (exact) mass is 497 g/mol. The van der Waals surface area contributed by atoms with Gasteiger partial charge in [-0.25, -0.2) is 24.1 Å². The second-order valence-corrected chi connectivity index (χ2v) is 8.16. The van der Waals surface area contributed by atoms with Crippen molar-refractivity contribution in [2.45, 2.75) is 44.6 Å². The number of hydrogen-bond acceptors (Lipinski definition) is 9. The molecule has 0 radical (unpaired) electrons. The summed E-state index contributed by atoms with van der Waals surface area (Å²) < 4.78 is 59.8. The molecule has 0 aliphatic carbocycles. The van der Waals surface area contributed by atoms with Crippen molar-refractivity contribution >= 4 is 11.6 Å². The Labute approximate surface area is 196 Å². The van der Waals surface area contributed by atoms with E-state index in [4.69, 9.17) is 4.74 Å². The summed E-state index contributed by atoms with van der Waals surface area (Å²) in [6, 6.07) is -0.411. The Hall–Kier alpha value is -3.62. The quantitative estimate of drug-likeness (QED) is 0.450. The van der Waals surface area contributed by atoms with Crippen molar-refractivity contribution in [2.75, 3.05) is 29.9 Å². The third kappa shape index (κ3) is 6.09. The minimum atomic E-state index is -4.82. The first kappa shape index (κ1) is 24.5. The van der Waals surface area contributed by atoms with Crippen LogP contribution in [0.4, 0.5) is 29.2 Å². The van der Waals surface area contributed by atoms with Crippen LogP contribution in [0.5, 0.6) is 0 Å². The molecule has 11 nitrogen and oxygen atoms in total. The minimum Gasteiger partial charge on any atom is -0.378 e. The maximum absolute atomic E-state index is 13.2. The van der Waals surface area contributed by atoms with Crippen LogP contribution in [0.2, 0.25) is 0 Å². The summed E-state index contributed by atoms with van der Waals surface area (Å²) in [7, 11) is 0. The number of halogens is 4. The van der Waals surface area contributed by atoms with Crippen LogP contribution in [0.15, 0.2) is 29.6 Å². The van der Waals surface area contributed by atoms with E-state index >= 15 is 0 Å². The van der Waals surface area contributed by atoms with Gasteiger partial charge in [0.1, 0.15) is 11.3 Å². The average Bonchev–Trinajstić information content (AvgIpc) is 3.28. The summed E-state index contributed by atoms with van der Waals surface area (Å²) in [6.45, 7) is 3.17. The van der Waals surface area contributed by atoms with Crippen molar-refractivity contribution in [3.05, 3.63) is 52.2 Å². The fraction of sp³-hybridized carbons (Fsp3) is 0.500. The molecule has 4 rings (SSSR count). The largest absolute Gasteiger partial charge is 0.423 e. The van der Waals surface area contributed by atoms with Gasteiger partial charge in [-0.15, -0.1) is 5.10 Å². The predicted octanol–water partition coefficient (Wildman–Crippen LogP) is 2.17. The van der Waals surface area contributed by atoms with E-state index in [2.05, 4.69) is 30.7 Å². The molecule has 35 heavy (non-hydrogen) atoms. The highest BCUT2D eigenvalue weighted by Gasteiger charge is 2.37. The molecular weight excluding hydrogens is 474 g/mol. The van der Waals surface area contributed by atoms with Crippen LogP contribution in [0, 0.1) is 5.82 Å². The number of nitrogens with zero attached hydrogens (tertiary/aromatic N) is 7. The molecule has 0 spiro atoms. The number of ether oxygens (including phenoxy) is 1. The highest BCUT2D eigenvalue weighted by Crippen LogP contribution is 2.31. The summed E-state index contributed by atoms with van der Waals surface area (Å²) in [5.41, 5.74) is -2.49. The molecule has 3 aromatic heterocycles. The van der Waals surface area contributed by atoms with Gasteiger partial charge in [0.25, 0.3) is 5.56 Å². The zero-order valence-corrected chi connectivity index (χ0v) is 18.7. The minimum absolute atomic E-state index is 0.0625. The van der Waals surface area contributed by atoms with Crippen LogP contribution >= 0.6 is 0 Å². The number of piperidine rings is 1. The first-order valence-corrected chi connectivity index (χ1v) is 10.8. The predicted molar refractivity (Wildman–Crippen MR) is 115 cm³/mol. The molecule has 0 aromatic carbocycles. The molecule has 1 unspecified atom stereocenters. The zero-order valence-electron chi connectivity index (χ0n) is 18.7. The standard InChI is InChI=1S/C20H23F4N9O2/c1-12(28-16-8-27-30-18(34)17(16)20(22,23)24)10-35-11-14-9-33(31-29-14)15-2-4-32(5-3-15)19-25-6-13(21)7-26-19/h6-9,12,15H,2-5,10-11H2,1H3,(H2,28,30,34). The Kier molecular flexibility index (Phi) is 7.23. The number of nitrogens with one attached hydrogen (secondary N) is 2. The first-order chi connectivity index (χ1) is 16.7. The van der Waals surface area contributed by atoms with Crippen LogP contribution in [-0.4, -0.2) is 60.9 Å². The molecule has 0 saturated carbocycles. The summed E-state index contributed by atoms with van der Waals surface area (Å²) in [5.74, 6) is 0.00283. The Balaban J connectivity index is 1.25. The van der Waals surface area contributed by atoms with Gasteiger partial charge in [0.05, 0.1) is 49.7 Å². The topological polar surface area (TPSA) is 127 Å². The number of H-pyrrole nitrogens is 1. The molecule has 1 saturated heterocycles. The Morgan fingerprint density at radius 2 is 1.94 bits per heavy atom. The van der Waals surface area contributed by atoms with Crippen molar-refractivity contribution in [1.82, 2.24) is 35.2 Å². The van der Waals surface area contributed by atoms with E-state index in [1.165, 1.54) is 0 Å². The number of hydrogen-bond donors (Lipinski definition) is 2. The molecule has 0 bridgehead atoms. The molecule has 1 fully saturated rings. The van der Waals surface area contributed by atoms with Crippen molar-refractivity contribution in [3.8, 4) is 0 Å². The van der Waals surface area contributed by atoms with Crippen molar-refractivity contribution in [2.24, 2.45) is 0 Å². The molecule has 1 aliphatic rings. The lowest BCUT2D eigenvalue weighted by Gasteiger charge is -2.31. The zero-order chi connectivity index (χ0) is 25.0. The molecular formula is C20H23F4N9O2. The van der Waals surface area contributed by atoms with Gasteiger partial charge in [-0.3, -0.25) is 4.79 Å². The molecule has 15 heteroatoms. The van der Waals surface area contributed by atoms with Gasteiger partial charge in [-0.1, -0.05) is 5.21 Å². The lowest BCUT2D eigenvalue weighted by Crippen LogP contribution is -2.35. The Morgan fingerprint density at radius 1 is 1.23 bits per heavy atom. The SMILES string of the molecule is CC(COCc1cn(C2CCN(c3ncc(F)cn3)CC2)nn1)Nc1cn[nH]c(=O)c1C(F)(F)F. The summed E-state index contributed by atoms with van der Waals surface area (Å²) in [5, 5.41) is 16.1. The van der Waals surface area contributed by atoms with E-state index in [0.717, 1.165) is 31.4 Å².